The molecule has 0 saturated heterocycles. The maximum atomic E-state index is 11.7. The topological polar surface area (TPSA) is 55.1 Å². The Morgan fingerprint density at radius 3 is 2.90 bits per heavy atom. The molecule has 1 amide bonds. The standard InChI is InChI=1S/C15H12N2O2S2/c18-15(6-5-12-3-1-7-20-12)16-10-11-9-13(19-17-11)14-4-2-8-21-14/h1-9H,10H2,(H,16,18). The van der Waals surface area contributed by atoms with Gasteiger partial charge < -0.3 is 9.84 Å². The minimum atomic E-state index is -0.149. The van der Waals surface area contributed by atoms with Gasteiger partial charge in [-0.15, -0.1) is 22.7 Å². The second-order valence-electron chi connectivity index (χ2n) is 4.23. The van der Waals surface area contributed by atoms with Gasteiger partial charge in [0, 0.05) is 17.0 Å². The maximum absolute atomic E-state index is 11.7. The highest BCUT2D eigenvalue weighted by molar-refractivity contribution is 7.13. The lowest BCUT2D eigenvalue weighted by atomic mass is 10.3. The van der Waals surface area contributed by atoms with Gasteiger partial charge in [0.25, 0.3) is 0 Å². The van der Waals surface area contributed by atoms with Crippen LogP contribution in [0.1, 0.15) is 10.6 Å². The molecule has 0 atom stereocenters. The summed E-state index contributed by atoms with van der Waals surface area (Å²) in [4.78, 5) is 13.8. The summed E-state index contributed by atoms with van der Waals surface area (Å²) in [6.07, 6.45) is 3.31. The molecule has 1 N–H and O–H groups in total. The molecule has 0 radical (unpaired) electrons. The van der Waals surface area contributed by atoms with Crippen molar-refractivity contribution < 1.29 is 9.32 Å². The van der Waals surface area contributed by atoms with E-state index in [9.17, 15) is 4.79 Å². The Morgan fingerprint density at radius 1 is 1.29 bits per heavy atom. The number of hydrogen-bond acceptors (Lipinski definition) is 5. The molecule has 4 nitrogen and oxygen atoms in total. The van der Waals surface area contributed by atoms with Gasteiger partial charge in [-0.05, 0) is 29.0 Å². The summed E-state index contributed by atoms with van der Waals surface area (Å²) in [5.74, 6) is 0.576. The van der Waals surface area contributed by atoms with E-state index >= 15 is 0 Å². The molecule has 106 valence electrons. The fourth-order valence-corrected chi connectivity index (χ4v) is 3.00. The number of carbonyl (C=O) groups excluding carboxylic acids is 1. The summed E-state index contributed by atoms with van der Waals surface area (Å²) in [5, 5.41) is 10.7. The van der Waals surface area contributed by atoms with Crippen LogP contribution in [0.5, 0.6) is 0 Å². The van der Waals surface area contributed by atoms with Crippen LogP contribution in [0.25, 0.3) is 16.7 Å². The van der Waals surface area contributed by atoms with Crippen LogP contribution in [0.3, 0.4) is 0 Å². The molecule has 6 heteroatoms. The molecule has 0 saturated carbocycles. The largest absolute Gasteiger partial charge is 0.355 e. The van der Waals surface area contributed by atoms with Gasteiger partial charge in [0.15, 0.2) is 5.76 Å². The Labute approximate surface area is 129 Å². The zero-order chi connectivity index (χ0) is 14.5. The molecule has 3 rings (SSSR count). The Balaban J connectivity index is 1.54. The maximum Gasteiger partial charge on any atom is 0.244 e. The molecular weight excluding hydrogens is 304 g/mol. The molecule has 0 bridgehead atoms. The highest BCUT2D eigenvalue weighted by atomic mass is 32.1. The summed E-state index contributed by atoms with van der Waals surface area (Å²) >= 11 is 3.18. The number of hydrogen-bond donors (Lipinski definition) is 1. The minimum absolute atomic E-state index is 0.149. The van der Waals surface area contributed by atoms with Crippen molar-refractivity contribution in [2.24, 2.45) is 0 Å². The van der Waals surface area contributed by atoms with Crippen molar-refractivity contribution in [3.63, 3.8) is 0 Å². The van der Waals surface area contributed by atoms with Crippen molar-refractivity contribution in [1.82, 2.24) is 10.5 Å². The lowest BCUT2D eigenvalue weighted by molar-refractivity contribution is -0.116. The van der Waals surface area contributed by atoms with Crippen LogP contribution < -0.4 is 5.32 Å². The van der Waals surface area contributed by atoms with Crippen LogP contribution in [0.2, 0.25) is 0 Å². The third-order valence-electron chi connectivity index (χ3n) is 2.71. The number of carbonyl (C=O) groups is 1. The monoisotopic (exact) mass is 316 g/mol. The molecule has 0 aliphatic rings. The summed E-state index contributed by atoms with van der Waals surface area (Å²) in [5.41, 5.74) is 0.705. The molecule has 0 aliphatic heterocycles. The van der Waals surface area contributed by atoms with Gasteiger partial charge in [-0.1, -0.05) is 17.3 Å². The molecule has 3 aromatic rings. The second-order valence-corrected chi connectivity index (χ2v) is 6.15. The molecule has 0 spiro atoms. The number of aromatic nitrogens is 1. The number of amides is 1. The second kappa shape index (κ2) is 6.51. The number of rotatable bonds is 5. The summed E-state index contributed by atoms with van der Waals surface area (Å²) in [6.45, 7) is 0.350. The van der Waals surface area contributed by atoms with Crippen molar-refractivity contribution in [3.8, 4) is 10.6 Å². The van der Waals surface area contributed by atoms with Gasteiger partial charge in [-0.3, -0.25) is 4.79 Å². The Kier molecular flexibility index (Phi) is 4.28. The molecule has 0 fully saturated rings. The van der Waals surface area contributed by atoms with Crippen molar-refractivity contribution in [2.75, 3.05) is 0 Å². The van der Waals surface area contributed by atoms with Crippen molar-refractivity contribution in [1.29, 1.82) is 0 Å². The predicted molar refractivity (Wildman–Crippen MR) is 85.0 cm³/mol. The summed E-state index contributed by atoms with van der Waals surface area (Å²) < 4.78 is 5.25. The zero-order valence-electron chi connectivity index (χ0n) is 11.0. The van der Waals surface area contributed by atoms with E-state index in [1.54, 1.807) is 28.7 Å². The van der Waals surface area contributed by atoms with Gasteiger partial charge >= 0.3 is 0 Å². The van der Waals surface area contributed by atoms with E-state index in [0.29, 0.717) is 12.2 Å². The molecule has 3 heterocycles. The average molecular weight is 316 g/mol. The number of nitrogens with zero attached hydrogens (tertiary/aromatic N) is 1. The zero-order valence-corrected chi connectivity index (χ0v) is 12.6. The van der Waals surface area contributed by atoms with Crippen LogP contribution in [0.4, 0.5) is 0 Å². The molecular formula is C15H12N2O2S2. The SMILES string of the molecule is O=C(C=Cc1cccs1)NCc1cc(-c2cccs2)on1. The molecule has 0 aliphatic carbocycles. The van der Waals surface area contributed by atoms with E-state index in [1.807, 2.05) is 41.1 Å². The van der Waals surface area contributed by atoms with E-state index in [2.05, 4.69) is 10.5 Å². The third-order valence-corrected chi connectivity index (χ3v) is 4.43. The van der Waals surface area contributed by atoms with Gasteiger partial charge in [-0.2, -0.15) is 0 Å². The van der Waals surface area contributed by atoms with Crippen LogP contribution in [0.15, 0.2) is 51.7 Å². The first kappa shape index (κ1) is 13.8. The fraction of sp³-hybridized carbons (Fsp3) is 0.0667. The van der Waals surface area contributed by atoms with Gasteiger partial charge in [-0.25, -0.2) is 0 Å². The van der Waals surface area contributed by atoms with Crippen LogP contribution >= 0.6 is 22.7 Å². The van der Waals surface area contributed by atoms with E-state index < -0.39 is 0 Å². The Hall–Kier alpha value is -2.18. The number of thiophene rings is 2. The van der Waals surface area contributed by atoms with Gasteiger partial charge in [0.1, 0.15) is 5.69 Å². The van der Waals surface area contributed by atoms with E-state index in [-0.39, 0.29) is 5.91 Å². The molecule has 21 heavy (non-hydrogen) atoms. The fourth-order valence-electron chi connectivity index (χ4n) is 1.71. The normalized spacial score (nSPS) is 11.0. The first-order valence-corrected chi connectivity index (χ1v) is 8.06. The van der Waals surface area contributed by atoms with Gasteiger partial charge in [0.2, 0.25) is 5.91 Å². The predicted octanol–water partition coefficient (Wildman–Crippen LogP) is 3.79. The average Bonchev–Trinajstić information content (AvgIpc) is 3.24. The number of nitrogens with one attached hydrogen (secondary N) is 1. The smallest absolute Gasteiger partial charge is 0.244 e. The first-order valence-electron chi connectivity index (χ1n) is 6.30. The Bertz CT molecular complexity index is 728. The third kappa shape index (κ3) is 3.68. The molecule has 0 aromatic carbocycles. The highest BCUT2D eigenvalue weighted by Gasteiger charge is 2.07. The highest BCUT2D eigenvalue weighted by Crippen LogP contribution is 2.24. The summed E-state index contributed by atoms with van der Waals surface area (Å²) in [7, 11) is 0. The van der Waals surface area contributed by atoms with Crippen molar-refractivity contribution in [3.05, 3.63) is 57.7 Å². The van der Waals surface area contributed by atoms with E-state index in [1.165, 1.54) is 6.08 Å². The lowest BCUT2D eigenvalue weighted by Gasteiger charge is -1.96. The quantitative estimate of drug-likeness (QED) is 0.729. The van der Waals surface area contributed by atoms with E-state index in [0.717, 1.165) is 15.5 Å². The van der Waals surface area contributed by atoms with E-state index in [4.69, 9.17) is 4.52 Å². The summed E-state index contributed by atoms with van der Waals surface area (Å²) in [6, 6.07) is 9.68. The van der Waals surface area contributed by atoms with Crippen LogP contribution in [-0.2, 0) is 11.3 Å². The van der Waals surface area contributed by atoms with Crippen molar-refractivity contribution in [2.45, 2.75) is 6.54 Å². The lowest BCUT2D eigenvalue weighted by Crippen LogP contribution is -2.20. The molecule has 3 aromatic heterocycles. The molecule has 0 unspecified atom stereocenters. The van der Waals surface area contributed by atoms with Gasteiger partial charge in [0.05, 0.1) is 11.4 Å². The minimum Gasteiger partial charge on any atom is -0.355 e. The Morgan fingerprint density at radius 2 is 2.14 bits per heavy atom. The van der Waals surface area contributed by atoms with Crippen molar-refractivity contribution >= 4 is 34.7 Å². The van der Waals surface area contributed by atoms with Crippen LogP contribution in [-0.4, -0.2) is 11.1 Å². The van der Waals surface area contributed by atoms with Crippen LogP contribution in [0, 0.1) is 0 Å². The first-order chi connectivity index (χ1) is 10.3.